The standard InChI is InChI=1S/C17H24ClNO2/c1-2-19-15(16-5-3-4-7-20-16)11-13-10-14(18)9-12-6-8-21-17(12)13/h9-10,15-16,19H,2-8,11H2,1H3. The Morgan fingerprint density at radius 1 is 1.33 bits per heavy atom. The fraction of sp³-hybridized carbons (Fsp3) is 0.647. The molecule has 21 heavy (non-hydrogen) atoms. The third-order valence-corrected chi connectivity index (χ3v) is 4.61. The van der Waals surface area contributed by atoms with E-state index in [1.807, 2.05) is 6.07 Å². The predicted octanol–water partition coefficient (Wildman–Crippen LogP) is 3.36. The van der Waals surface area contributed by atoms with Crippen molar-refractivity contribution in [3.63, 3.8) is 0 Å². The molecule has 2 unspecified atom stereocenters. The topological polar surface area (TPSA) is 30.5 Å². The zero-order valence-electron chi connectivity index (χ0n) is 12.7. The lowest BCUT2D eigenvalue weighted by Gasteiger charge is -2.31. The van der Waals surface area contributed by atoms with Gasteiger partial charge in [-0.05, 0) is 55.5 Å². The van der Waals surface area contributed by atoms with Crippen LogP contribution in [0.5, 0.6) is 5.75 Å². The van der Waals surface area contributed by atoms with E-state index in [9.17, 15) is 0 Å². The predicted molar refractivity (Wildman–Crippen MR) is 85.4 cm³/mol. The van der Waals surface area contributed by atoms with Gasteiger partial charge in [-0.2, -0.15) is 0 Å². The molecule has 0 spiro atoms. The molecule has 2 atom stereocenters. The number of fused-ring (bicyclic) bond motifs is 1. The summed E-state index contributed by atoms with van der Waals surface area (Å²) in [6.45, 7) is 4.76. The number of ether oxygens (including phenoxy) is 2. The van der Waals surface area contributed by atoms with Crippen molar-refractivity contribution in [1.82, 2.24) is 5.32 Å². The number of likely N-dealkylation sites (N-methyl/N-ethyl adjacent to an activating group) is 1. The van der Waals surface area contributed by atoms with Crippen LogP contribution in [0.1, 0.15) is 37.3 Å². The second kappa shape index (κ2) is 6.99. The Hall–Kier alpha value is -0.770. The van der Waals surface area contributed by atoms with E-state index in [1.165, 1.54) is 24.0 Å². The van der Waals surface area contributed by atoms with Crippen LogP contribution >= 0.6 is 11.6 Å². The Morgan fingerprint density at radius 3 is 3.00 bits per heavy atom. The average molecular weight is 310 g/mol. The van der Waals surface area contributed by atoms with Gasteiger partial charge in [0, 0.05) is 24.1 Å². The molecular formula is C17H24ClNO2. The van der Waals surface area contributed by atoms with Crippen LogP contribution in [0.25, 0.3) is 0 Å². The summed E-state index contributed by atoms with van der Waals surface area (Å²) in [4.78, 5) is 0. The fourth-order valence-electron chi connectivity index (χ4n) is 3.41. The Bertz CT molecular complexity index is 486. The summed E-state index contributed by atoms with van der Waals surface area (Å²) in [5.74, 6) is 1.05. The molecule has 0 bridgehead atoms. The maximum atomic E-state index is 6.27. The van der Waals surface area contributed by atoms with Crippen LogP contribution in [-0.4, -0.2) is 31.9 Å². The molecule has 1 fully saturated rings. The highest BCUT2D eigenvalue weighted by Crippen LogP contribution is 2.34. The first-order valence-corrected chi connectivity index (χ1v) is 8.45. The highest BCUT2D eigenvalue weighted by Gasteiger charge is 2.27. The van der Waals surface area contributed by atoms with Crippen molar-refractivity contribution < 1.29 is 9.47 Å². The molecule has 116 valence electrons. The van der Waals surface area contributed by atoms with Gasteiger partial charge in [0.25, 0.3) is 0 Å². The smallest absolute Gasteiger partial charge is 0.125 e. The molecule has 0 radical (unpaired) electrons. The van der Waals surface area contributed by atoms with E-state index in [-0.39, 0.29) is 0 Å². The number of hydrogen-bond donors (Lipinski definition) is 1. The minimum Gasteiger partial charge on any atom is -0.493 e. The van der Waals surface area contributed by atoms with E-state index in [4.69, 9.17) is 21.1 Å². The minimum absolute atomic E-state index is 0.301. The van der Waals surface area contributed by atoms with Gasteiger partial charge in [-0.15, -0.1) is 0 Å². The third-order valence-electron chi connectivity index (χ3n) is 4.40. The first kappa shape index (κ1) is 15.1. The monoisotopic (exact) mass is 309 g/mol. The largest absolute Gasteiger partial charge is 0.493 e. The SMILES string of the molecule is CCNC(Cc1cc(Cl)cc2c1OCC2)C1CCCCO1. The molecule has 0 amide bonds. The van der Waals surface area contributed by atoms with Gasteiger partial charge in [0.05, 0.1) is 12.7 Å². The van der Waals surface area contributed by atoms with Gasteiger partial charge >= 0.3 is 0 Å². The molecule has 1 N–H and O–H groups in total. The van der Waals surface area contributed by atoms with Crippen LogP contribution in [0.2, 0.25) is 5.02 Å². The third kappa shape index (κ3) is 3.53. The molecule has 2 heterocycles. The second-order valence-corrected chi connectivity index (χ2v) is 6.36. The first-order valence-electron chi connectivity index (χ1n) is 8.07. The fourth-order valence-corrected chi connectivity index (χ4v) is 3.68. The summed E-state index contributed by atoms with van der Waals surface area (Å²) in [5, 5.41) is 4.40. The molecule has 3 nitrogen and oxygen atoms in total. The highest BCUT2D eigenvalue weighted by atomic mass is 35.5. The molecule has 1 aromatic carbocycles. The zero-order valence-corrected chi connectivity index (χ0v) is 13.4. The van der Waals surface area contributed by atoms with Gasteiger partial charge in [-0.3, -0.25) is 0 Å². The quantitative estimate of drug-likeness (QED) is 0.904. The van der Waals surface area contributed by atoms with Crippen molar-refractivity contribution in [2.75, 3.05) is 19.8 Å². The summed E-state index contributed by atoms with van der Waals surface area (Å²) >= 11 is 6.27. The molecule has 2 aliphatic heterocycles. The minimum atomic E-state index is 0.301. The molecule has 1 saturated heterocycles. The van der Waals surface area contributed by atoms with Crippen LogP contribution in [0.3, 0.4) is 0 Å². The number of halogens is 1. The number of hydrogen-bond acceptors (Lipinski definition) is 3. The summed E-state index contributed by atoms with van der Waals surface area (Å²) in [6, 6.07) is 4.42. The van der Waals surface area contributed by atoms with Crippen molar-refractivity contribution in [2.45, 2.75) is 51.2 Å². The van der Waals surface area contributed by atoms with E-state index >= 15 is 0 Å². The lowest BCUT2D eigenvalue weighted by Crippen LogP contribution is -2.44. The van der Waals surface area contributed by atoms with Gasteiger partial charge in [0.15, 0.2) is 0 Å². The van der Waals surface area contributed by atoms with E-state index in [0.29, 0.717) is 12.1 Å². The van der Waals surface area contributed by atoms with E-state index in [1.54, 1.807) is 0 Å². The summed E-state index contributed by atoms with van der Waals surface area (Å²) in [6.07, 6.45) is 5.77. The summed E-state index contributed by atoms with van der Waals surface area (Å²) in [7, 11) is 0. The Labute approximate surface area is 132 Å². The molecule has 3 rings (SSSR count). The first-order chi connectivity index (χ1) is 10.3. The summed E-state index contributed by atoms with van der Waals surface area (Å²) in [5.41, 5.74) is 2.47. The lowest BCUT2D eigenvalue weighted by atomic mass is 9.94. The number of benzene rings is 1. The van der Waals surface area contributed by atoms with Gasteiger partial charge in [0.1, 0.15) is 5.75 Å². The van der Waals surface area contributed by atoms with E-state index < -0.39 is 0 Å². The van der Waals surface area contributed by atoms with Crippen molar-refractivity contribution in [1.29, 1.82) is 0 Å². The van der Waals surface area contributed by atoms with E-state index in [0.717, 1.165) is 49.8 Å². The Balaban J connectivity index is 1.79. The molecule has 0 saturated carbocycles. The van der Waals surface area contributed by atoms with Crippen LogP contribution < -0.4 is 10.1 Å². The molecule has 0 aromatic heterocycles. The summed E-state index contributed by atoms with van der Waals surface area (Å²) < 4.78 is 11.8. The Morgan fingerprint density at radius 2 is 2.24 bits per heavy atom. The van der Waals surface area contributed by atoms with Gasteiger partial charge in [0.2, 0.25) is 0 Å². The van der Waals surface area contributed by atoms with Crippen LogP contribution in [0.15, 0.2) is 12.1 Å². The van der Waals surface area contributed by atoms with Crippen molar-refractivity contribution in [2.24, 2.45) is 0 Å². The Kier molecular flexibility index (Phi) is 5.04. The highest BCUT2D eigenvalue weighted by molar-refractivity contribution is 6.30. The average Bonchev–Trinajstić information content (AvgIpc) is 2.96. The van der Waals surface area contributed by atoms with Crippen molar-refractivity contribution in [3.05, 3.63) is 28.3 Å². The lowest BCUT2D eigenvalue weighted by molar-refractivity contribution is -0.00717. The zero-order chi connectivity index (χ0) is 14.7. The van der Waals surface area contributed by atoms with Crippen LogP contribution in [0, 0.1) is 0 Å². The van der Waals surface area contributed by atoms with Gasteiger partial charge in [-0.1, -0.05) is 18.5 Å². The molecule has 4 heteroatoms. The molecule has 2 aliphatic rings. The normalized spacial score (nSPS) is 22.7. The number of rotatable bonds is 5. The molecule has 1 aromatic rings. The maximum Gasteiger partial charge on any atom is 0.125 e. The second-order valence-electron chi connectivity index (χ2n) is 5.92. The van der Waals surface area contributed by atoms with Crippen LogP contribution in [-0.2, 0) is 17.6 Å². The number of nitrogens with one attached hydrogen (secondary N) is 1. The van der Waals surface area contributed by atoms with Crippen molar-refractivity contribution >= 4 is 11.6 Å². The van der Waals surface area contributed by atoms with Gasteiger partial charge in [-0.25, -0.2) is 0 Å². The van der Waals surface area contributed by atoms with Crippen LogP contribution in [0.4, 0.5) is 0 Å². The van der Waals surface area contributed by atoms with E-state index in [2.05, 4.69) is 18.3 Å². The molecular weight excluding hydrogens is 286 g/mol. The van der Waals surface area contributed by atoms with Crippen molar-refractivity contribution in [3.8, 4) is 5.75 Å². The van der Waals surface area contributed by atoms with Gasteiger partial charge < -0.3 is 14.8 Å². The maximum absolute atomic E-state index is 6.27. The molecule has 0 aliphatic carbocycles.